The van der Waals surface area contributed by atoms with E-state index < -0.39 is 48.3 Å². The van der Waals surface area contributed by atoms with Crippen molar-refractivity contribution in [2.45, 2.75) is 92.5 Å². The molecule has 0 unspecified atom stereocenters. The lowest BCUT2D eigenvalue weighted by molar-refractivity contribution is -0.157. The van der Waals surface area contributed by atoms with Crippen LogP contribution in [0.4, 0.5) is 0 Å². The maximum atomic E-state index is 13.1. The van der Waals surface area contributed by atoms with E-state index in [0.29, 0.717) is 113 Å². The zero-order chi connectivity index (χ0) is 93.2. The van der Waals surface area contributed by atoms with Crippen LogP contribution in [0.2, 0.25) is 0 Å². The van der Waals surface area contributed by atoms with Crippen LogP contribution in [0.3, 0.4) is 0 Å². The van der Waals surface area contributed by atoms with Gasteiger partial charge in [-0.2, -0.15) is 0 Å². The van der Waals surface area contributed by atoms with Crippen molar-refractivity contribution in [3.8, 4) is 74.7 Å². The Morgan fingerprint density at radius 2 is 0.630 bits per heavy atom. The Kier molecular flexibility index (Phi) is 21.9. The number of hydrogen-bond donors (Lipinski definition) is 0. The van der Waals surface area contributed by atoms with Crippen LogP contribution >= 0.6 is 0 Å². The van der Waals surface area contributed by atoms with Crippen LogP contribution in [0.5, 0.6) is 74.7 Å². The summed E-state index contributed by atoms with van der Waals surface area (Å²) in [6, 6.07) is 45.0. The lowest BCUT2D eigenvalue weighted by Gasteiger charge is -2.47. The fourth-order valence-corrected chi connectivity index (χ4v) is 20.9. The van der Waals surface area contributed by atoms with Gasteiger partial charge in [-0.25, -0.2) is 4.98 Å². The van der Waals surface area contributed by atoms with E-state index in [9.17, 15) is 47.9 Å². The van der Waals surface area contributed by atoms with E-state index in [2.05, 4.69) is 9.97 Å². The summed E-state index contributed by atoms with van der Waals surface area (Å²) in [7, 11) is 13.1. The number of fused-ring (bicyclic) bond motifs is 15. The van der Waals surface area contributed by atoms with E-state index in [0.717, 1.165) is 78.2 Å². The van der Waals surface area contributed by atoms with Crippen LogP contribution in [-0.4, -0.2) is 272 Å². The maximum absolute atomic E-state index is 13.1. The highest BCUT2D eigenvalue weighted by molar-refractivity contribution is 6.00. The Bertz CT molecular complexity index is 6430. The normalized spacial score (nSPS) is 23.3. The quantitative estimate of drug-likeness (QED) is 0.147. The summed E-state index contributed by atoms with van der Waals surface area (Å²) in [6.45, 7) is 1.29. The highest BCUT2D eigenvalue weighted by atomic mass is 16.7. The second-order valence-electron chi connectivity index (χ2n) is 35.0. The first-order valence-corrected chi connectivity index (χ1v) is 44.1. The van der Waals surface area contributed by atoms with Crippen LogP contribution in [-0.2, 0) is 80.0 Å². The number of amides is 10. The van der Waals surface area contributed by atoms with Crippen molar-refractivity contribution < 1.29 is 114 Å². The van der Waals surface area contributed by atoms with Gasteiger partial charge in [0.2, 0.25) is 93.0 Å². The summed E-state index contributed by atoms with van der Waals surface area (Å²) < 4.78 is 76.6. The highest BCUT2D eigenvalue weighted by Crippen LogP contribution is 2.52. The van der Waals surface area contributed by atoms with Gasteiger partial charge in [0.1, 0.15) is 48.0 Å². The molecule has 5 fully saturated rings. The van der Waals surface area contributed by atoms with Crippen LogP contribution in [0.15, 0.2) is 175 Å². The number of nitrogens with zero attached hydrogens (tertiary/aromatic N) is 12. The van der Waals surface area contributed by atoms with Gasteiger partial charge >= 0.3 is 0 Å². The zero-order valence-corrected chi connectivity index (χ0v) is 74.7. The average Bonchev–Trinajstić information content (AvgIpc) is 1.73. The van der Waals surface area contributed by atoms with E-state index in [1.54, 1.807) is 93.3 Å². The van der Waals surface area contributed by atoms with Gasteiger partial charge < -0.3 is 115 Å². The summed E-state index contributed by atoms with van der Waals surface area (Å²) in [4.78, 5) is 153. The molecule has 25 rings (SSSR count). The number of carbonyl (C=O) groups is 10. The molecule has 0 radical (unpaired) electrons. The van der Waals surface area contributed by atoms with E-state index >= 15 is 0 Å². The first-order chi connectivity index (χ1) is 65.5. The lowest BCUT2D eigenvalue weighted by Crippen LogP contribution is -2.62. The van der Waals surface area contributed by atoms with E-state index in [1.165, 1.54) is 30.9 Å². The van der Waals surface area contributed by atoms with E-state index in [1.807, 2.05) is 152 Å². The molecule has 8 aromatic carbocycles. The number of likely N-dealkylation sites (N-methyl/N-ethyl adjacent to an activating group) is 5. The minimum absolute atomic E-state index is 0.00940. The summed E-state index contributed by atoms with van der Waals surface area (Å²) in [5, 5.41) is 0. The molecule has 0 aliphatic carbocycles. The summed E-state index contributed by atoms with van der Waals surface area (Å²) in [5.41, 5.74) is 12.9. The third-order valence-electron chi connectivity index (χ3n) is 27.3. The molecule has 36 heteroatoms. The number of rotatable bonds is 8. The van der Waals surface area contributed by atoms with E-state index in [-0.39, 0.29) is 138 Å². The summed E-state index contributed by atoms with van der Waals surface area (Å²) in [6.07, 6.45) is 5.40. The largest absolute Gasteiger partial charge is 0.497 e. The van der Waals surface area contributed by atoms with Crippen LogP contribution in [0.1, 0.15) is 114 Å². The molecule has 0 N–H and O–H groups in total. The number of benzene rings is 8. The number of carbonyl (C=O) groups excluding carboxylic acids is 10. The number of pyridine rings is 1. The Labute approximate surface area is 772 Å². The van der Waals surface area contributed by atoms with Gasteiger partial charge in [0, 0.05) is 73.5 Å². The third-order valence-corrected chi connectivity index (χ3v) is 27.3. The molecule has 15 aliphatic rings. The van der Waals surface area contributed by atoms with Crippen LogP contribution in [0, 0.1) is 0 Å². The molecule has 10 amide bonds. The van der Waals surface area contributed by atoms with Crippen molar-refractivity contribution >= 4 is 59.1 Å². The monoisotopic (exact) mass is 1830 g/mol. The van der Waals surface area contributed by atoms with Gasteiger partial charge in [0.15, 0.2) is 81.1 Å². The van der Waals surface area contributed by atoms with Crippen molar-refractivity contribution in [3.63, 3.8) is 0 Å². The summed E-state index contributed by atoms with van der Waals surface area (Å²) >= 11 is 0. The van der Waals surface area contributed by atoms with Crippen molar-refractivity contribution in [1.82, 2.24) is 59.0 Å². The molecule has 36 nitrogen and oxygen atoms in total. The Balaban J connectivity index is 0.000000101. The molecule has 10 aromatic rings. The minimum Gasteiger partial charge on any atom is -0.497 e. The molecule has 17 heterocycles. The SMILES string of the molecule is CN1CC(=O)N2[C@H](c3ccc4c(c3)OCO4)c3ccccc3C[C@@H]2C1=O.CN1CC(=O)N2[C@H](c3ccc4c(c3)OCO4)c3ncccc3C[C@@H]2C1=O.CN1CC(=O)N2[C@H](c3ccc4c(c3)OCO4)c3ocnc3C[C@@H]2C1=O.COc1cc2c(cc1OC)[C@@H](c1ccc3c(c1)OCO3)N1C(=O)CN(C)C(=O)[C@@H]1C2.COc1ccc2c(c1)[C@@H](c1ccc3c(c1)OCO3)N1C(=O)CN(C)C(=O)[C@H]1C2. The molecular formula is C99H92N12O24. The van der Waals surface area contributed by atoms with Crippen LogP contribution < -0.4 is 61.6 Å². The van der Waals surface area contributed by atoms with Crippen LogP contribution in [0.25, 0.3) is 0 Å². The predicted molar refractivity (Wildman–Crippen MR) is 472 cm³/mol. The van der Waals surface area contributed by atoms with Crippen molar-refractivity contribution in [1.29, 1.82) is 0 Å². The smallest absolute Gasteiger partial charge is 0.246 e. The number of ether oxygens (including phenoxy) is 13. The second kappa shape index (κ2) is 34.4. The Hall–Kier alpha value is -15.8. The number of hydrogen-bond acceptors (Lipinski definition) is 26. The average molecular weight is 1830 g/mol. The molecule has 0 saturated carbocycles. The molecular weight excluding hydrogens is 1740 g/mol. The topological polar surface area (TPSA) is 362 Å². The lowest BCUT2D eigenvalue weighted by atomic mass is 9.82. The molecule has 0 bridgehead atoms. The molecule has 0 spiro atoms. The molecule has 135 heavy (non-hydrogen) atoms. The number of methoxy groups -OCH3 is 3. The fraction of sp³-hybridized carbons (Fsp3) is 0.333. The summed E-state index contributed by atoms with van der Waals surface area (Å²) in [5.74, 6) is 8.49. The Morgan fingerprint density at radius 1 is 0.296 bits per heavy atom. The molecule has 5 saturated heterocycles. The number of oxazole rings is 1. The first kappa shape index (κ1) is 86.0. The second-order valence-corrected chi connectivity index (χ2v) is 35.0. The van der Waals surface area contributed by atoms with Gasteiger partial charge in [0.05, 0.1) is 83.6 Å². The molecule has 15 aliphatic heterocycles. The maximum Gasteiger partial charge on any atom is 0.246 e. The number of aromatic nitrogens is 2. The van der Waals surface area contributed by atoms with Gasteiger partial charge in [-0.1, -0.05) is 66.7 Å². The first-order valence-electron chi connectivity index (χ1n) is 44.1. The zero-order valence-electron chi connectivity index (χ0n) is 74.7. The van der Waals surface area contributed by atoms with E-state index in [4.69, 9.17) is 66.0 Å². The van der Waals surface area contributed by atoms with Crippen molar-refractivity contribution in [2.24, 2.45) is 0 Å². The fourth-order valence-electron chi connectivity index (χ4n) is 20.9. The molecule has 2 aromatic heterocycles. The minimum atomic E-state index is -0.572. The van der Waals surface area contributed by atoms with Gasteiger partial charge in [-0.15, -0.1) is 0 Å². The van der Waals surface area contributed by atoms with Gasteiger partial charge in [-0.3, -0.25) is 52.9 Å². The number of piperazine rings is 5. The van der Waals surface area contributed by atoms with Gasteiger partial charge in [-0.05, 0) is 158 Å². The van der Waals surface area contributed by atoms with Crippen molar-refractivity contribution in [2.75, 3.05) is 123 Å². The van der Waals surface area contributed by atoms with Crippen molar-refractivity contribution in [3.05, 3.63) is 254 Å². The standard InChI is InChI=1S/C22H22N2O6.C21H20N2O5.C20H18N2O4.C19H17N3O4.C17H15N3O5/c1-23-10-20(25)24-15(22(23)26)6-13-8-17(27-2)18(28-3)9-14(13)21(24)12-4-5-16-19(7-12)30-11-29-16;1-22-10-19(24)23-16(21(22)25)7-12-3-5-14(26-2)9-15(12)20(23)13-4-6-17-18(8-13)28-11-27-17;1-21-10-18(23)22-15(20(21)24)8-12-4-2-3-5-14(12)19(22)13-6-7-16-17(9-13)26-11-25-16;1-21-9-16(23)22-13(19(21)24)7-11-3-2-6-20-17(11)18(22)12-4-5-14-15(8-12)26-10-25-14;1-19-6-14(21)20-11(17(19)22)5-10-16(23-7-18-10)15(20)9-2-3-12-13(4-9)25-8-24-12/h4-5,7-9,15,21H,6,10-11H2,1-3H3;3-6,8-9,16,20H,7,10-11H2,1-2H3;2-7,9,15,19H,8,10-11H2,1H3;2-6,8,13,18H,7,9-10H2,1H3;2-4,7,11,15H,5-6,8H2,1H3/t15-,21+;16-,20-;15-,19-;13-,18-;11-,15-/m01111/s1. The third kappa shape index (κ3) is 15.0. The predicted octanol–water partition coefficient (Wildman–Crippen LogP) is 7.06. The molecule has 10 atom stereocenters. The molecule has 692 valence electrons. The van der Waals surface area contributed by atoms with Gasteiger partial charge in [0.25, 0.3) is 0 Å². The highest BCUT2D eigenvalue weighted by Gasteiger charge is 2.54. The Morgan fingerprint density at radius 3 is 1.05 bits per heavy atom.